The molecule has 1 amide bonds. The van der Waals surface area contributed by atoms with Gasteiger partial charge in [-0.25, -0.2) is 4.99 Å². The molecule has 2 rings (SSSR count). The van der Waals surface area contributed by atoms with Crippen molar-refractivity contribution in [1.82, 2.24) is 10.6 Å². The molecule has 28 heavy (non-hydrogen) atoms. The molecule has 0 saturated carbocycles. The van der Waals surface area contributed by atoms with Crippen molar-refractivity contribution in [2.45, 2.75) is 19.9 Å². The lowest BCUT2D eigenvalue weighted by atomic mass is 10.1. The topological polar surface area (TPSA) is 98.0 Å². The van der Waals surface area contributed by atoms with Gasteiger partial charge in [0, 0.05) is 13.1 Å². The Kier molecular flexibility index (Phi) is 8.65. The first-order chi connectivity index (χ1) is 13.6. The van der Waals surface area contributed by atoms with Crippen LogP contribution in [0.5, 0.6) is 11.5 Å². The average molecular weight is 384 g/mol. The molecule has 0 spiro atoms. The van der Waals surface area contributed by atoms with Gasteiger partial charge in [0.05, 0.1) is 13.7 Å². The third kappa shape index (κ3) is 7.57. The van der Waals surface area contributed by atoms with E-state index in [-0.39, 0.29) is 6.61 Å². The van der Waals surface area contributed by atoms with Crippen LogP contribution < -0.4 is 25.8 Å². The Bertz CT molecular complexity index is 775. The second-order valence-corrected chi connectivity index (χ2v) is 6.12. The lowest BCUT2D eigenvalue weighted by molar-refractivity contribution is -0.119. The number of primary amides is 1. The zero-order valence-electron chi connectivity index (χ0n) is 16.4. The Morgan fingerprint density at radius 1 is 1.07 bits per heavy atom. The van der Waals surface area contributed by atoms with Gasteiger partial charge in [-0.3, -0.25) is 4.79 Å². The molecule has 0 aliphatic carbocycles. The van der Waals surface area contributed by atoms with E-state index >= 15 is 0 Å². The molecule has 0 aliphatic heterocycles. The third-order valence-electron chi connectivity index (χ3n) is 3.91. The summed E-state index contributed by atoms with van der Waals surface area (Å²) < 4.78 is 10.5. The number of aliphatic imine (C=N–C) groups is 1. The second-order valence-electron chi connectivity index (χ2n) is 6.12. The predicted octanol–water partition coefficient (Wildman–Crippen LogP) is 1.86. The monoisotopic (exact) mass is 384 g/mol. The summed E-state index contributed by atoms with van der Waals surface area (Å²) in [5.74, 6) is 1.74. The zero-order valence-corrected chi connectivity index (χ0v) is 16.4. The van der Waals surface area contributed by atoms with Gasteiger partial charge in [0.15, 0.2) is 12.6 Å². The molecule has 150 valence electrons. The first kappa shape index (κ1) is 21.1. The molecule has 0 fully saturated rings. The van der Waals surface area contributed by atoms with Gasteiger partial charge in [-0.1, -0.05) is 24.3 Å². The van der Waals surface area contributed by atoms with E-state index in [9.17, 15) is 4.79 Å². The highest BCUT2D eigenvalue weighted by molar-refractivity contribution is 5.79. The second kappa shape index (κ2) is 11.5. The van der Waals surface area contributed by atoms with E-state index in [1.54, 1.807) is 7.11 Å². The van der Waals surface area contributed by atoms with Crippen molar-refractivity contribution in [2.24, 2.45) is 10.7 Å². The largest absolute Gasteiger partial charge is 0.497 e. The van der Waals surface area contributed by atoms with E-state index in [4.69, 9.17) is 15.2 Å². The van der Waals surface area contributed by atoms with E-state index in [2.05, 4.69) is 15.6 Å². The van der Waals surface area contributed by atoms with Gasteiger partial charge in [0.2, 0.25) is 0 Å². The fraction of sp³-hybridized carbons (Fsp3) is 0.333. The molecule has 7 heteroatoms. The maximum Gasteiger partial charge on any atom is 0.255 e. The number of rotatable bonds is 10. The predicted molar refractivity (Wildman–Crippen MR) is 111 cm³/mol. The Morgan fingerprint density at radius 2 is 1.86 bits per heavy atom. The van der Waals surface area contributed by atoms with Crippen LogP contribution >= 0.6 is 0 Å². The van der Waals surface area contributed by atoms with Crippen LogP contribution in [0.1, 0.15) is 18.1 Å². The summed E-state index contributed by atoms with van der Waals surface area (Å²) in [6.45, 7) is 4.02. The molecule has 0 saturated heterocycles. The summed E-state index contributed by atoms with van der Waals surface area (Å²) in [7, 11) is 1.66. The Hall–Kier alpha value is -3.22. The Balaban J connectivity index is 1.84. The third-order valence-corrected chi connectivity index (χ3v) is 3.91. The van der Waals surface area contributed by atoms with Crippen molar-refractivity contribution >= 4 is 11.9 Å². The fourth-order valence-corrected chi connectivity index (χ4v) is 2.51. The minimum Gasteiger partial charge on any atom is -0.497 e. The van der Waals surface area contributed by atoms with E-state index in [1.165, 1.54) is 0 Å². The van der Waals surface area contributed by atoms with E-state index < -0.39 is 5.91 Å². The van der Waals surface area contributed by atoms with Crippen molar-refractivity contribution in [1.29, 1.82) is 0 Å². The summed E-state index contributed by atoms with van der Waals surface area (Å²) in [6.07, 6.45) is 0.833. The minimum atomic E-state index is -0.488. The molecule has 4 N–H and O–H groups in total. The molecular weight excluding hydrogens is 356 g/mol. The number of hydrogen-bond donors (Lipinski definition) is 3. The molecule has 0 bridgehead atoms. The first-order valence-corrected chi connectivity index (χ1v) is 9.26. The summed E-state index contributed by atoms with van der Waals surface area (Å²) in [6, 6.07) is 15.5. The van der Waals surface area contributed by atoms with Gasteiger partial charge < -0.3 is 25.8 Å². The molecule has 0 aromatic heterocycles. The lowest BCUT2D eigenvalue weighted by Gasteiger charge is -2.12. The van der Waals surface area contributed by atoms with Gasteiger partial charge in [0.25, 0.3) is 5.91 Å². The number of methoxy groups -OCH3 is 1. The van der Waals surface area contributed by atoms with Gasteiger partial charge in [0.1, 0.15) is 11.5 Å². The summed E-state index contributed by atoms with van der Waals surface area (Å²) in [5.41, 5.74) is 7.31. The summed E-state index contributed by atoms with van der Waals surface area (Å²) >= 11 is 0. The number of nitrogens with zero attached hydrogens (tertiary/aromatic N) is 1. The molecule has 0 heterocycles. The van der Waals surface area contributed by atoms with Crippen molar-refractivity contribution in [3.05, 3.63) is 59.7 Å². The molecule has 0 aliphatic rings. The van der Waals surface area contributed by atoms with Crippen molar-refractivity contribution in [3.8, 4) is 11.5 Å². The van der Waals surface area contributed by atoms with E-state index in [0.717, 1.165) is 42.3 Å². The standard InChI is InChI=1S/C21H28N4O3/c1-3-23-21(25-14-17-5-4-6-19(13-17)27-2)24-12-11-16-7-9-18(10-8-16)28-15-20(22)26/h4-10,13H,3,11-12,14-15H2,1-2H3,(H2,22,26)(H2,23,24,25). The van der Waals surface area contributed by atoms with Crippen molar-refractivity contribution in [2.75, 3.05) is 26.8 Å². The molecule has 2 aromatic rings. The minimum absolute atomic E-state index is 0.114. The maximum absolute atomic E-state index is 10.7. The highest BCUT2D eigenvalue weighted by Gasteiger charge is 2.01. The van der Waals surface area contributed by atoms with Gasteiger partial charge >= 0.3 is 0 Å². The average Bonchev–Trinajstić information content (AvgIpc) is 2.71. The number of hydrogen-bond acceptors (Lipinski definition) is 4. The van der Waals surface area contributed by atoms with E-state index in [0.29, 0.717) is 12.3 Å². The Labute approximate surface area is 165 Å². The van der Waals surface area contributed by atoms with Crippen molar-refractivity contribution < 1.29 is 14.3 Å². The first-order valence-electron chi connectivity index (χ1n) is 9.26. The maximum atomic E-state index is 10.7. The molecule has 0 unspecified atom stereocenters. The number of carbonyl (C=O) groups is 1. The lowest BCUT2D eigenvalue weighted by Crippen LogP contribution is -2.38. The fourth-order valence-electron chi connectivity index (χ4n) is 2.51. The smallest absolute Gasteiger partial charge is 0.255 e. The number of benzene rings is 2. The van der Waals surface area contributed by atoms with Crippen LogP contribution in [-0.4, -0.2) is 38.7 Å². The summed E-state index contributed by atoms with van der Waals surface area (Å²) in [4.78, 5) is 15.4. The highest BCUT2D eigenvalue weighted by Crippen LogP contribution is 2.13. The molecule has 7 nitrogen and oxygen atoms in total. The molecule has 2 aromatic carbocycles. The molecule has 0 atom stereocenters. The zero-order chi connectivity index (χ0) is 20.2. The number of carbonyl (C=O) groups excluding carboxylic acids is 1. The van der Waals surface area contributed by atoms with Crippen LogP contribution in [0, 0.1) is 0 Å². The highest BCUT2D eigenvalue weighted by atomic mass is 16.5. The molecular formula is C21H28N4O3. The quantitative estimate of drug-likeness (QED) is 0.429. The van der Waals surface area contributed by atoms with E-state index in [1.807, 2.05) is 55.5 Å². The number of nitrogens with one attached hydrogen (secondary N) is 2. The summed E-state index contributed by atoms with van der Waals surface area (Å²) in [5, 5.41) is 6.59. The number of ether oxygens (including phenoxy) is 2. The van der Waals surface area contributed by atoms with Gasteiger partial charge in [-0.05, 0) is 48.7 Å². The SMILES string of the molecule is CCNC(=NCc1cccc(OC)c1)NCCc1ccc(OCC(N)=O)cc1. The number of amides is 1. The Morgan fingerprint density at radius 3 is 2.54 bits per heavy atom. The van der Waals surface area contributed by atoms with Crippen LogP contribution in [0.4, 0.5) is 0 Å². The molecule has 0 radical (unpaired) electrons. The van der Waals surface area contributed by atoms with Crippen LogP contribution in [0.25, 0.3) is 0 Å². The van der Waals surface area contributed by atoms with Crippen LogP contribution in [0.2, 0.25) is 0 Å². The van der Waals surface area contributed by atoms with Crippen molar-refractivity contribution in [3.63, 3.8) is 0 Å². The van der Waals surface area contributed by atoms with Gasteiger partial charge in [-0.2, -0.15) is 0 Å². The number of guanidine groups is 1. The number of nitrogens with two attached hydrogens (primary N) is 1. The van der Waals surface area contributed by atoms with Crippen LogP contribution in [0.3, 0.4) is 0 Å². The van der Waals surface area contributed by atoms with Gasteiger partial charge in [-0.15, -0.1) is 0 Å². The van der Waals surface area contributed by atoms with Crippen LogP contribution in [0.15, 0.2) is 53.5 Å². The van der Waals surface area contributed by atoms with Crippen LogP contribution in [-0.2, 0) is 17.8 Å². The normalized spacial score (nSPS) is 11.0.